The Morgan fingerprint density at radius 3 is 3.05 bits per heavy atom. The van der Waals surface area contributed by atoms with Gasteiger partial charge in [0.2, 0.25) is 5.91 Å². The van der Waals surface area contributed by atoms with E-state index < -0.39 is 0 Å². The number of primary amides is 1. The number of furan rings is 1. The van der Waals surface area contributed by atoms with Crippen LogP contribution in [0, 0.1) is 0 Å². The first kappa shape index (κ1) is 12.1. The van der Waals surface area contributed by atoms with E-state index in [4.69, 9.17) is 10.2 Å². The minimum Gasteiger partial charge on any atom is -0.450 e. The molecule has 3 aromatic rings. The molecule has 4 rings (SSSR count). The van der Waals surface area contributed by atoms with Crippen LogP contribution in [0.4, 0.5) is 5.82 Å². The van der Waals surface area contributed by atoms with Crippen LogP contribution in [0.3, 0.4) is 0 Å². The topological polar surface area (TPSA) is 85.3 Å². The quantitative estimate of drug-likeness (QED) is 0.775. The van der Waals surface area contributed by atoms with Crippen LogP contribution in [-0.2, 0) is 4.79 Å². The summed E-state index contributed by atoms with van der Waals surface area (Å²) in [6.07, 6.45) is 3.18. The van der Waals surface area contributed by atoms with Crippen molar-refractivity contribution < 1.29 is 9.21 Å². The van der Waals surface area contributed by atoms with Crippen molar-refractivity contribution in [3.05, 3.63) is 30.6 Å². The molecule has 106 valence electrons. The van der Waals surface area contributed by atoms with E-state index in [0.29, 0.717) is 11.4 Å². The fourth-order valence-electron chi connectivity index (χ4n) is 3.03. The number of para-hydroxylation sites is 1. The molecule has 0 radical (unpaired) electrons. The molecular formula is C15H14N4O2. The second-order valence-corrected chi connectivity index (χ2v) is 5.23. The van der Waals surface area contributed by atoms with Gasteiger partial charge in [-0.05, 0) is 25.0 Å². The van der Waals surface area contributed by atoms with E-state index >= 15 is 0 Å². The molecule has 2 N–H and O–H groups in total. The maximum absolute atomic E-state index is 11.6. The van der Waals surface area contributed by atoms with Crippen LogP contribution in [0.5, 0.6) is 0 Å². The summed E-state index contributed by atoms with van der Waals surface area (Å²) in [6.45, 7) is 0.747. The molecule has 0 bridgehead atoms. The average molecular weight is 282 g/mol. The number of nitrogens with zero attached hydrogens (tertiary/aromatic N) is 3. The van der Waals surface area contributed by atoms with Gasteiger partial charge in [0.25, 0.3) is 0 Å². The fourth-order valence-corrected chi connectivity index (χ4v) is 3.03. The molecule has 0 saturated carbocycles. The summed E-state index contributed by atoms with van der Waals surface area (Å²) in [4.78, 5) is 22.2. The molecule has 3 heterocycles. The third-order valence-electron chi connectivity index (χ3n) is 3.99. The van der Waals surface area contributed by atoms with Crippen LogP contribution in [0.2, 0.25) is 0 Å². The molecular weight excluding hydrogens is 268 g/mol. The molecule has 0 aliphatic carbocycles. The van der Waals surface area contributed by atoms with Crippen molar-refractivity contribution in [3.63, 3.8) is 0 Å². The summed E-state index contributed by atoms with van der Waals surface area (Å²) in [6, 6.07) is 7.40. The molecule has 1 fully saturated rings. The third kappa shape index (κ3) is 1.75. The molecule has 1 aliphatic rings. The van der Waals surface area contributed by atoms with Gasteiger partial charge in [-0.3, -0.25) is 4.79 Å². The van der Waals surface area contributed by atoms with Gasteiger partial charge in [0.05, 0.1) is 0 Å². The number of hydrogen-bond acceptors (Lipinski definition) is 5. The number of anilines is 1. The smallest absolute Gasteiger partial charge is 0.240 e. The number of amides is 1. The van der Waals surface area contributed by atoms with Crippen LogP contribution in [0.25, 0.3) is 22.1 Å². The van der Waals surface area contributed by atoms with Crippen LogP contribution in [0.15, 0.2) is 35.0 Å². The lowest BCUT2D eigenvalue weighted by molar-refractivity contribution is -0.119. The van der Waals surface area contributed by atoms with Crippen molar-refractivity contribution in [2.75, 3.05) is 11.4 Å². The summed E-state index contributed by atoms with van der Waals surface area (Å²) >= 11 is 0. The highest BCUT2D eigenvalue weighted by Gasteiger charge is 2.32. The van der Waals surface area contributed by atoms with Gasteiger partial charge in [-0.2, -0.15) is 0 Å². The molecule has 2 aromatic heterocycles. The Balaban J connectivity index is 1.95. The second kappa shape index (κ2) is 4.44. The number of fused-ring (bicyclic) bond motifs is 3. The first-order valence-electron chi connectivity index (χ1n) is 6.94. The van der Waals surface area contributed by atoms with Crippen LogP contribution >= 0.6 is 0 Å². The molecule has 1 amide bonds. The zero-order valence-corrected chi connectivity index (χ0v) is 11.3. The second-order valence-electron chi connectivity index (χ2n) is 5.23. The molecule has 6 heteroatoms. The first-order valence-corrected chi connectivity index (χ1v) is 6.94. The highest BCUT2D eigenvalue weighted by molar-refractivity contribution is 6.06. The van der Waals surface area contributed by atoms with Gasteiger partial charge in [0.15, 0.2) is 11.4 Å². The van der Waals surface area contributed by atoms with Crippen molar-refractivity contribution in [1.82, 2.24) is 9.97 Å². The van der Waals surface area contributed by atoms with E-state index in [-0.39, 0.29) is 11.9 Å². The number of carbonyl (C=O) groups is 1. The van der Waals surface area contributed by atoms with Gasteiger partial charge in [-0.1, -0.05) is 12.1 Å². The maximum Gasteiger partial charge on any atom is 0.240 e. The first-order chi connectivity index (χ1) is 10.3. The number of carbonyl (C=O) groups excluding carboxylic acids is 1. The van der Waals surface area contributed by atoms with Crippen LogP contribution in [-0.4, -0.2) is 28.5 Å². The van der Waals surface area contributed by atoms with Gasteiger partial charge < -0.3 is 15.1 Å². The normalized spacial score (nSPS) is 18.7. The van der Waals surface area contributed by atoms with Crippen molar-refractivity contribution in [1.29, 1.82) is 0 Å². The lowest BCUT2D eigenvalue weighted by Crippen LogP contribution is -2.40. The Bertz CT molecular complexity index is 842. The third-order valence-corrected chi connectivity index (χ3v) is 3.99. The van der Waals surface area contributed by atoms with Gasteiger partial charge in [0.1, 0.15) is 23.5 Å². The zero-order chi connectivity index (χ0) is 14.4. The molecule has 6 nitrogen and oxygen atoms in total. The number of aromatic nitrogens is 2. The van der Waals surface area contributed by atoms with E-state index in [2.05, 4.69) is 9.97 Å². The molecule has 1 saturated heterocycles. The molecule has 1 aliphatic heterocycles. The lowest BCUT2D eigenvalue weighted by Gasteiger charge is -2.22. The van der Waals surface area contributed by atoms with E-state index in [1.807, 2.05) is 29.2 Å². The maximum atomic E-state index is 11.6. The van der Waals surface area contributed by atoms with E-state index in [9.17, 15) is 4.79 Å². The highest BCUT2D eigenvalue weighted by atomic mass is 16.3. The van der Waals surface area contributed by atoms with Crippen LogP contribution < -0.4 is 10.6 Å². The Kier molecular flexibility index (Phi) is 2.57. The number of rotatable bonds is 2. The van der Waals surface area contributed by atoms with Gasteiger partial charge >= 0.3 is 0 Å². The standard InChI is InChI=1S/C15H14N4O2/c16-14(20)10-5-3-7-19(10)15-13-12(17-8-18-15)9-4-1-2-6-11(9)21-13/h1-2,4,6,8,10H,3,5,7H2,(H2,16,20)/t10-/m0/s1. The number of hydrogen-bond donors (Lipinski definition) is 1. The minimum atomic E-state index is -0.324. The fraction of sp³-hybridized carbons (Fsp3) is 0.267. The van der Waals surface area contributed by atoms with Crippen LogP contribution in [0.1, 0.15) is 12.8 Å². The molecule has 21 heavy (non-hydrogen) atoms. The van der Waals surface area contributed by atoms with E-state index in [1.165, 1.54) is 6.33 Å². The Morgan fingerprint density at radius 1 is 1.33 bits per heavy atom. The largest absolute Gasteiger partial charge is 0.450 e. The summed E-state index contributed by atoms with van der Waals surface area (Å²) in [5.74, 6) is 0.327. The summed E-state index contributed by atoms with van der Waals surface area (Å²) in [5, 5.41) is 0.950. The Hall–Kier alpha value is -2.63. The predicted molar refractivity (Wildman–Crippen MR) is 78.9 cm³/mol. The minimum absolute atomic E-state index is 0.323. The molecule has 0 unspecified atom stereocenters. The molecule has 0 spiro atoms. The zero-order valence-electron chi connectivity index (χ0n) is 11.3. The highest BCUT2D eigenvalue weighted by Crippen LogP contribution is 2.34. The SMILES string of the molecule is NC(=O)[C@@H]1CCCN1c1ncnc2c1oc1ccccc12. The van der Waals surface area contributed by atoms with Gasteiger partial charge in [-0.15, -0.1) is 0 Å². The van der Waals surface area contributed by atoms with E-state index in [1.54, 1.807) is 0 Å². The van der Waals surface area contributed by atoms with Crippen molar-refractivity contribution >= 4 is 33.8 Å². The monoisotopic (exact) mass is 282 g/mol. The Labute approximate surface area is 120 Å². The molecule has 1 atom stereocenters. The Morgan fingerprint density at radius 2 is 2.19 bits per heavy atom. The van der Waals surface area contributed by atoms with E-state index in [0.717, 1.165) is 35.9 Å². The van der Waals surface area contributed by atoms with Crippen molar-refractivity contribution in [2.45, 2.75) is 18.9 Å². The van der Waals surface area contributed by atoms with Crippen molar-refractivity contribution in [3.8, 4) is 0 Å². The number of nitrogens with two attached hydrogens (primary N) is 1. The van der Waals surface area contributed by atoms with Crippen molar-refractivity contribution in [2.24, 2.45) is 5.73 Å². The number of benzene rings is 1. The molecule has 1 aromatic carbocycles. The van der Waals surface area contributed by atoms with Gasteiger partial charge in [0, 0.05) is 11.9 Å². The summed E-state index contributed by atoms with van der Waals surface area (Å²) < 4.78 is 5.91. The summed E-state index contributed by atoms with van der Waals surface area (Å²) in [7, 11) is 0. The van der Waals surface area contributed by atoms with Gasteiger partial charge in [-0.25, -0.2) is 9.97 Å². The predicted octanol–water partition coefficient (Wildman–Crippen LogP) is 1.83. The summed E-state index contributed by atoms with van der Waals surface area (Å²) in [5.41, 5.74) is 7.64. The lowest BCUT2D eigenvalue weighted by atomic mass is 10.2. The average Bonchev–Trinajstić information content (AvgIpc) is 3.11.